The summed E-state index contributed by atoms with van der Waals surface area (Å²) in [6.45, 7) is 2.20. The van der Waals surface area contributed by atoms with Crippen molar-refractivity contribution in [3.8, 4) is 0 Å². The standard InChI is InChI=1S/C16H20N6O2S/c23-15(3-4-21-10-17-9-19-21)20-5-12-1-2-14(7-20)22(16(12)24)6-13-8-25-11-18-13/h8-12,14H,1-7H2/t12-,14+/m0/s1. The maximum atomic E-state index is 12.8. The average Bonchev–Trinajstić information content (AvgIpc) is 3.25. The van der Waals surface area contributed by atoms with Gasteiger partial charge in [0.05, 0.1) is 30.2 Å². The fourth-order valence-electron chi connectivity index (χ4n) is 3.66. The fourth-order valence-corrected chi connectivity index (χ4v) is 4.21. The first kappa shape index (κ1) is 16.2. The number of carbonyl (C=O) groups excluding carboxylic acids is 2. The van der Waals surface area contributed by atoms with Gasteiger partial charge in [-0.25, -0.2) is 9.97 Å². The van der Waals surface area contributed by atoms with Gasteiger partial charge in [0.25, 0.3) is 0 Å². The minimum atomic E-state index is -0.0901. The summed E-state index contributed by atoms with van der Waals surface area (Å²) >= 11 is 1.54. The fraction of sp³-hybridized carbons (Fsp3) is 0.562. The first-order valence-electron chi connectivity index (χ1n) is 8.48. The highest BCUT2D eigenvalue weighted by molar-refractivity contribution is 7.07. The highest BCUT2D eigenvalue weighted by Gasteiger charge is 2.41. The van der Waals surface area contributed by atoms with Gasteiger partial charge in [0.1, 0.15) is 12.7 Å². The number of rotatable bonds is 5. The van der Waals surface area contributed by atoms with E-state index in [1.807, 2.05) is 15.2 Å². The normalized spacial score (nSPS) is 23.1. The molecule has 8 nitrogen and oxygen atoms in total. The second kappa shape index (κ2) is 6.91. The number of amides is 2. The van der Waals surface area contributed by atoms with Crippen LogP contribution in [0.4, 0.5) is 0 Å². The molecule has 0 aliphatic carbocycles. The molecule has 0 spiro atoms. The van der Waals surface area contributed by atoms with Crippen molar-refractivity contribution in [2.75, 3.05) is 13.1 Å². The molecule has 3 aliphatic heterocycles. The SMILES string of the molecule is O=C(CCn1cncn1)N1C[C@@H]2CC[C@H](C1)N(Cc1cscn1)C2=O. The van der Waals surface area contributed by atoms with Crippen molar-refractivity contribution in [1.29, 1.82) is 0 Å². The summed E-state index contributed by atoms with van der Waals surface area (Å²) in [4.78, 5) is 37.4. The molecule has 0 saturated carbocycles. The van der Waals surface area contributed by atoms with Crippen LogP contribution in [0.3, 0.4) is 0 Å². The summed E-state index contributed by atoms with van der Waals surface area (Å²) in [5, 5.41) is 6.01. The quantitative estimate of drug-likeness (QED) is 0.786. The molecule has 9 heteroatoms. The van der Waals surface area contributed by atoms with Gasteiger partial charge < -0.3 is 9.80 Å². The minimum absolute atomic E-state index is 0.0794. The van der Waals surface area contributed by atoms with E-state index in [0.29, 0.717) is 32.6 Å². The third kappa shape index (κ3) is 3.41. The molecule has 0 aromatic carbocycles. The van der Waals surface area contributed by atoms with Gasteiger partial charge in [0, 0.05) is 30.9 Å². The van der Waals surface area contributed by atoms with Gasteiger partial charge in [0.2, 0.25) is 11.8 Å². The second-order valence-corrected chi connectivity index (χ2v) is 7.30. The van der Waals surface area contributed by atoms with Gasteiger partial charge in [-0.2, -0.15) is 5.10 Å². The van der Waals surface area contributed by atoms with Crippen LogP contribution in [0.5, 0.6) is 0 Å². The van der Waals surface area contributed by atoms with Crippen LogP contribution in [-0.2, 0) is 22.7 Å². The lowest BCUT2D eigenvalue weighted by Gasteiger charge is -2.35. The van der Waals surface area contributed by atoms with Crippen LogP contribution in [0.2, 0.25) is 0 Å². The van der Waals surface area contributed by atoms with Gasteiger partial charge in [0.15, 0.2) is 0 Å². The van der Waals surface area contributed by atoms with E-state index in [1.165, 1.54) is 17.7 Å². The Hall–Kier alpha value is -2.29. The molecule has 2 aromatic rings. The van der Waals surface area contributed by atoms with Crippen LogP contribution in [0, 0.1) is 5.92 Å². The van der Waals surface area contributed by atoms with E-state index in [0.717, 1.165) is 18.5 Å². The van der Waals surface area contributed by atoms with Crippen LogP contribution in [-0.4, -0.2) is 60.5 Å². The molecular formula is C16H20N6O2S. The van der Waals surface area contributed by atoms with Gasteiger partial charge in [-0.15, -0.1) is 11.3 Å². The van der Waals surface area contributed by atoms with Crippen LogP contribution >= 0.6 is 11.3 Å². The number of fused-ring (bicyclic) bond motifs is 4. The summed E-state index contributed by atoms with van der Waals surface area (Å²) in [5.74, 6) is 0.152. The Kier molecular flexibility index (Phi) is 4.48. The van der Waals surface area contributed by atoms with E-state index < -0.39 is 0 Å². The first-order valence-corrected chi connectivity index (χ1v) is 9.42. The Morgan fingerprint density at radius 1 is 1.32 bits per heavy atom. The zero-order chi connectivity index (χ0) is 17.2. The van der Waals surface area contributed by atoms with Crippen LogP contribution in [0.25, 0.3) is 0 Å². The van der Waals surface area contributed by atoms with Crippen LogP contribution in [0.1, 0.15) is 25.0 Å². The zero-order valence-electron chi connectivity index (χ0n) is 13.8. The largest absolute Gasteiger partial charge is 0.340 e. The number of nitrogens with zero attached hydrogens (tertiary/aromatic N) is 6. The van der Waals surface area contributed by atoms with Crippen molar-refractivity contribution >= 4 is 23.2 Å². The Labute approximate surface area is 149 Å². The number of hydrogen-bond acceptors (Lipinski definition) is 6. The van der Waals surface area contributed by atoms with Crippen LogP contribution < -0.4 is 0 Å². The summed E-state index contributed by atoms with van der Waals surface area (Å²) < 4.78 is 1.66. The Balaban J connectivity index is 1.43. The molecule has 2 aromatic heterocycles. The topological polar surface area (TPSA) is 84.2 Å². The molecule has 2 bridgehead atoms. The molecule has 3 fully saturated rings. The smallest absolute Gasteiger partial charge is 0.228 e. The molecule has 0 N–H and O–H groups in total. The number of aryl methyl sites for hydroxylation is 1. The zero-order valence-corrected chi connectivity index (χ0v) is 14.6. The molecule has 0 radical (unpaired) electrons. The lowest BCUT2D eigenvalue weighted by Crippen LogP contribution is -2.47. The Bertz CT molecular complexity index is 732. The predicted molar refractivity (Wildman–Crippen MR) is 90.4 cm³/mol. The van der Waals surface area contributed by atoms with E-state index in [4.69, 9.17) is 0 Å². The van der Waals surface area contributed by atoms with E-state index in [1.54, 1.807) is 16.5 Å². The van der Waals surface area contributed by atoms with Crippen molar-refractivity contribution in [3.05, 3.63) is 29.2 Å². The molecule has 2 amide bonds. The minimum Gasteiger partial charge on any atom is -0.340 e. The van der Waals surface area contributed by atoms with Gasteiger partial charge in [-0.1, -0.05) is 0 Å². The molecule has 132 valence electrons. The number of carbonyl (C=O) groups is 2. The molecule has 25 heavy (non-hydrogen) atoms. The van der Waals surface area contributed by atoms with E-state index in [2.05, 4.69) is 15.1 Å². The lowest BCUT2D eigenvalue weighted by molar-refractivity contribution is -0.140. The molecule has 3 aliphatic rings. The van der Waals surface area contributed by atoms with E-state index in [9.17, 15) is 9.59 Å². The summed E-state index contributed by atoms with van der Waals surface area (Å²) in [6.07, 6.45) is 5.27. The van der Waals surface area contributed by atoms with Crippen LogP contribution in [0.15, 0.2) is 23.5 Å². The maximum Gasteiger partial charge on any atom is 0.228 e. The highest BCUT2D eigenvalue weighted by Crippen LogP contribution is 2.30. The molecule has 5 rings (SSSR count). The maximum absolute atomic E-state index is 12.8. The van der Waals surface area contributed by atoms with E-state index >= 15 is 0 Å². The van der Waals surface area contributed by atoms with Crippen molar-refractivity contribution in [1.82, 2.24) is 29.5 Å². The summed E-state index contributed by atoms with van der Waals surface area (Å²) in [7, 11) is 0. The molecular weight excluding hydrogens is 340 g/mol. The third-order valence-electron chi connectivity index (χ3n) is 4.98. The molecule has 3 saturated heterocycles. The molecule has 0 unspecified atom stereocenters. The lowest BCUT2D eigenvalue weighted by atomic mass is 9.94. The third-order valence-corrected chi connectivity index (χ3v) is 5.62. The van der Waals surface area contributed by atoms with Crippen molar-refractivity contribution < 1.29 is 9.59 Å². The van der Waals surface area contributed by atoms with Gasteiger partial charge in [-0.05, 0) is 12.8 Å². The first-order chi connectivity index (χ1) is 12.2. The predicted octanol–water partition coefficient (Wildman–Crippen LogP) is 0.774. The summed E-state index contributed by atoms with van der Waals surface area (Å²) in [6, 6.07) is 0.0864. The second-order valence-electron chi connectivity index (χ2n) is 6.58. The van der Waals surface area contributed by atoms with Crippen molar-refractivity contribution in [2.24, 2.45) is 5.92 Å². The number of hydrogen-bond donors (Lipinski definition) is 0. The summed E-state index contributed by atoms with van der Waals surface area (Å²) in [5.41, 5.74) is 2.71. The Morgan fingerprint density at radius 2 is 2.24 bits per heavy atom. The highest BCUT2D eigenvalue weighted by atomic mass is 32.1. The molecule has 5 heterocycles. The van der Waals surface area contributed by atoms with E-state index in [-0.39, 0.29) is 23.8 Å². The monoisotopic (exact) mass is 360 g/mol. The molecule has 2 atom stereocenters. The van der Waals surface area contributed by atoms with Gasteiger partial charge in [-0.3, -0.25) is 14.3 Å². The number of thiazole rings is 1. The average molecular weight is 360 g/mol. The number of piperidine rings is 1. The van der Waals surface area contributed by atoms with Gasteiger partial charge >= 0.3 is 0 Å². The number of aromatic nitrogens is 4. The van der Waals surface area contributed by atoms with Crippen molar-refractivity contribution in [2.45, 2.75) is 38.4 Å². The van der Waals surface area contributed by atoms with Crippen molar-refractivity contribution in [3.63, 3.8) is 0 Å². The Morgan fingerprint density at radius 3 is 3.00 bits per heavy atom.